The largest absolute Gasteiger partial charge is 0.345 e. The van der Waals surface area contributed by atoms with Gasteiger partial charge < -0.3 is 10.6 Å². The van der Waals surface area contributed by atoms with Gasteiger partial charge in [-0.15, -0.1) is 11.3 Å². The van der Waals surface area contributed by atoms with E-state index < -0.39 is 0 Å². The maximum atomic E-state index is 12.2. The SMILES string of the molecule is CN(CC(C)(C)CN)C(=O)CCCc1csc2ccccc12. The molecule has 4 heteroatoms. The van der Waals surface area contributed by atoms with Crippen LogP contribution in [0.2, 0.25) is 0 Å². The van der Waals surface area contributed by atoms with Crippen molar-refractivity contribution in [1.82, 2.24) is 4.90 Å². The number of hydrogen-bond donors (Lipinski definition) is 1. The zero-order valence-electron chi connectivity index (χ0n) is 13.8. The van der Waals surface area contributed by atoms with Gasteiger partial charge in [0.15, 0.2) is 0 Å². The molecule has 0 spiro atoms. The molecule has 22 heavy (non-hydrogen) atoms. The second-order valence-corrected chi connectivity index (χ2v) is 7.64. The van der Waals surface area contributed by atoms with Crippen molar-refractivity contribution in [1.29, 1.82) is 0 Å². The van der Waals surface area contributed by atoms with Crippen molar-refractivity contribution >= 4 is 27.3 Å². The van der Waals surface area contributed by atoms with E-state index in [1.807, 2.05) is 11.9 Å². The van der Waals surface area contributed by atoms with Crippen molar-refractivity contribution in [2.24, 2.45) is 11.1 Å². The summed E-state index contributed by atoms with van der Waals surface area (Å²) in [4.78, 5) is 14.0. The summed E-state index contributed by atoms with van der Waals surface area (Å²) < 4.78 is 1.32. The Hall–Kier alpha value is -1.39. The minimum atomic E-state index is -0.0199. The van der Waals surface area contributed by atoms with Gasteiger partial charge in [0, 0.05) is 24.7 Å². The van der Waals surface area contributed by atoms with Gasteiger partial charge in [-0.25, -0.2) is 0 Å². The molecule has 2 rings (SSSR count). The molecule has 1 aromatic heterocycles. The molecule has 0 atom stereocenters. The number of nitrogens with zero attached hydrogens (tertiary/aromatic N) is 1. The van der Waals surface area contributed by atoms with Crippen LogP contribution < -0.4 is 5.73 Å². The van der Waals surface area contributed by atoms with E-state index in [-0.39, 0.29) is 11.3 Å². The third kappa shape index (κ3) is 4.31. The summed E-state index contributed by atoms with van der Waals surface area (Å²) in [6.45, 7) is 5.48. The van der Waals surface area contributed by atoms with Crippen molar-refractivity contribution in [2.45, 2.75) is 33.1 Å². The summed E-state index contributed by atoms with van der Waals surface area (Å²) in [7, 11) is 1.87. The Labute approximate surface area is 137 Å². The summed E-state index contributed by atoms with van der Waals surface area (Å²) in [6, 6.07) is 8.46. The van der Waals surface area contributed by atoms with Crippen LogP contribution in [0.1, 0.15) is 32.3 Å². The number of carbonyl (C=O) groups excluding carboxylic acids is 1. The Morgan fingerprint density at radius 1 is 1.32 bits per heavy atom. The molecule has 0 aliphatic rings. The second-order valence-electron chi connectivity index (χ2n) is 6.73. The average molecular weight is 318 g/mol. The standard InChI is InChI=1S/C18H26N2OS/c1-18(2,12-19)13-20(3)17(21)10-6-7-14-11-22-16-9-5-4-8-15(14)16/h4-5,8-9,11H,6-7,10,12-13,19H2,1-3H3. The van der Waals surface area contributed by atoms with E-state index in [2.05, 4.69) is 43.5 Å². The molecule has 2 N–H and O–H groups in total. The molecule has 1 heterocycles. The fraction of sp³-hybridized carbons (Fsp3) is 0.500. The summed E-state index contributed by atoms with van der Waals surface area (Å²) >= 11 is 1.78. The van der Waals surface area contributed by atoms with Crippen LogP contribution in [0.5, 0.6) is 0 Å². The lowest BCUT2D eigenvalue weighted by Crippen LogP contribution is -2.39. The molecule has 0 saturated heterocycles. The zero-order valence-corrected chi connectivity index (χ0v) is 14.6. The molecule has 120 valence electrons. The summed E-state index contributed by atoms with van der Waals surface area (Å²) in [5.41, 5.74) is 7.07. The number of hydrogen-bond acceptors (Lipinski definition) is 3. The molecular formula is C18H26N2OS. The van der Waals surface area contributed by atoms with Gasteiger partial charge in [-0.2, -0.15) is 0 Å². The normalized spacial score (nSPS) is 11.8. The predicted octanol–water partition coefficient (Wildman–Crippen LogP) is 3.67. The highest BCUT2D eigenvalue weighted by molar-refractivity contribution is 7.17. The smallest absolute Gasteiger partial charge is 0.222 e. The molecule has 0 radical (unpaired) electrons. The first kappa shape index (κ1) is 17.0. The van der Waals surface area contributed by atoms with Gasteiger partial charge in [-0.1, -0.05) is 32.0 Å². The highest BCUT2D eigenvalue weighted by atomic mass is 32.1. The molecule has 0 aliphatic carbocycles. The maximum Gasteiger partial charge on any atom is 0.222 e. The number of aryl methyl sites for hydroxylation is 1. The third-order valence-corrected chi connectivity index (χ3v) is 5.05. The molecular weight excluding hydrogens is 292 g/mol. The number of benzene rings is 1. The molecule has 0 aliphatic heterocycles. The van der Waals surface area contributed by atoms with Crippen LogP contribution in [0.25, 0.3) is 10.1 Å². The average Bonchev–Trinajstić information content (AvgIpc) is 2.90. The number of amides is 1. The Bertz CT molecular complexity index is 633. The summed E-state index contributed by atoms with van der Waals surface area (Å²) in [5.74, 6) is 0.209. The molecule has 2 aromatic rings. The van der Waals surface area contributed by atoms with Gasteiger partial charge in [-0.05, 0) is 47.2 Å². The lowest BCUT2D eigenvalue weighted by atomic mass is 9.93. The minimum Gasteiger partial charge on any atom is -0.345 e. The highest BCUT2D eigenvalue weighted by Gasteiger charge is 2.20. The lowest BCUT2D eigenvalue weighted by molar-refractivity contribution is -0.131. The van der Waals surface area contributed by atoms with E-state index in [1.165, 1.54) is 15.6 Å². The van der Waals surface area contributed by atoms with Crippen LogP contribution >= 0.6 is 11.3 Å². The van der Waals surface area contributed by atoms with Gasteiger partial charge >= 0.3 is 0 Å². The van der Waals surface area contributed by atoms with E-state index >= 15 is 0 Å². The molecule has 1 aromatic carbocycles. The number of fused-ring (bicyclic) bond motifs is 1. The highest BCUT2D eigenvalue weighted by Crippen LogP contribution is 2.26. The monoisotopic (exact) mass is 318 g/mol. The Balaban J connectivity index is 1.84. The molecule has 0 bridgehead atoms. The first-order chi connectivity index (χ1) is 10.4. The van der Waals surface area contributed by atoms with Crippen LogP contribution in [0, 0.1) is 5.41 Å². The van der Waals surface area contributed by atoms with E-state index in [0.717, 1.165) is 12.8 Å². The van der Waals surface area contributed by atoms with E-state index in [1.54, 1.807) is 11.3 Å². The van der Waals surface area contributed by atoms with Gasteiger partial charge in [0.1, 0.15) is 0 Å². The van der Waals surface area contributed by atoms with Gasteiger partial charge in [0.2, 0.25) is 5.91 Å². The van der Waals surface area contributed by atoms with Crippen LogP contribution in [-0.4, -0.2) is 30.9 Å². The van der Waals surface area contributed by atoms with Gasteiger partial charge in [0.25, 0.3) is 0 Å². The van der Waals surface area contributed by atoms with Crippen molar-refractivity contribution < 1.29 is 4.79 Å². The fourth-order valence-electron chi connectivity index (χ4n) is 2.64. The Morgan fingerprint density at radius 3 is 2.77 bits per heavy atom. The van der Waals surface area contributed by atoms with E-state index in [4.69, 9.17) is 5.73 Å². The summed E-state index contributed by atoms with van der Waals surface area (Å²) in [5, 5.41) is 3.55. The molecule has 0 saturated carbocycles. The van der Waals surface area contributed by atoms with E-state index in [9.17, 15) is 4.79 Å². The van der Waals surface area contributed by atoms with Crippen LogP contribution in [0.15, 0.2) is 29.6 Å². The first-order valence-corrected chi connectivity index (χ1v) is 8.70. The number of rotatable bonds is 7. The molecule has 0 unspecified atom stereocenters. The van der Waals surface area contributed by atoms with Crippen LogP contribution in [0.3, 0.4) is 0 Å². The quantitative estimate of drug-likeness (QED) is 0.846. The van der Waals surface area contributed by atoms with Crippen LogP contribution in [0.4, 0.5) is 0 Å². The summed E-state index contributed by atoms with van der Waals surface area (Å²) in [6.07, 6.45) is 2.46. The molecule has 1 amide bonds. The predicted molar refractivity (Wildman–Crippen MR) is 95.2 cm³/mol. The Kier molecular flexibility index (Phi) is 5.59. The van der Waals surface area contributed by atoms with E-state index in [0.29, 0.717) is 19.5 Å². The Morgan fingerprint density at radius 2 is 2.05 bits per heavy atom. The lowest BCUT2D eigenvalue weighted by Gasteiger charge is -2.29. The number of nitrogens with two attached hydrogens (primary N) is 1. The molecule has 0 fully saturated rings. The third-order valence-electron chi connectivity index (χ3n) is 4.04. The fourth-order valence-corrected chi connectivity index (χ4v) is 3.64. The maximum absolute atomic E-state index is 12.2. The molecule has 3 nitrogen and oxygen atoms in total. The van der Waals surface area contributed by atoms with Gasteiger partial charge in [-0.3, -0.25) is 4.79 Å². The van der Waals surface area contributed by atoms with Crippen molar-refractivity contribution in [3.63, 3.8) is 0 Å². The van der Waals surface area contributed by atoms with Gasteiger partial charge in [0.05, 0.1) is 0 Å². The van der Waals surface area contributed by atoms with Crippen molar-refractivity contribution in [2.75, 3.05) is 20.1 Å². The number of thiophene rings is 1. The topological polar surface area (TPSA) is 46.3 Å². The van der Waals surface area contributed by atoms with Crippen molar-refractivity contribution in [3.8, 4) is 0 Å². The first-order valence-electron chi connectivity index (χ1n) is 7.82. The zero-order chi connectivity index (χ0) is 16.2. The van der Waals surface area contributed by atoms with Crippen molar-refractivity contribution in [3.05, 3.63) is 35.2 Å². The minimum absolute atomic E-state index is 0.0199. The number of carbonyl (C=O) groups is 1. The second kappa shape index (κ2) is 7.25. The van der Waals surface area contributed by atoms with Crippen LogP contribution in [-0.2, 0) is 11.2 Å².